The van der Waals surface area contributed by atoms with Gasteiger partial charge in [0.15, 0.2) is 0 Å². The highest BCUT2D eigenvalue weighted by molar-refractivity contribution is 9.11. The fourth-order valence-electron chi connectivity index (χ4n) is 1.68. The van der Waals surface area contributed by atoms with Crippen molar-refractivity contribution in [2.45, 2.75) is 13.2 Å². The Labute approximate surface area is 163 Å². The van der Waals surface area contributed by atoms with Crippen molar-refractivity contribution in [1.82, 2.24) is 0 Å². The molecule has 8 heteroatoms. The summed E-state index contributed by atoms with van der Waals surface area (Å²) < 4.78 is 26.0. The lowest BCUT2D eigenvalue weighted by Gasteiger charge is -2.00. The molecule has 2 rings (SSSR count). The lowest BCUT2D eigenvalue weighted by molar-refractivity contribution is 0.213. The Morgan fingerprint density at radius 1 is 0.682 bits per heavy atom. The largest absolute Gasteiger partial charge is 0.698 e. The van der Waals surface area contributed by atoms with Gasteiger partial charge in [-0.2, -0.15) is 0 Å². The van der Waals surface area contributed by atoms with Gasteiger partial charge in [-0.05, 0) is 47.5 Å². The summed E-state index contributed by atoms with van der Waals surface area (Å²) in [5.41, 5.74) is 1.80. The number of benzene rings is 2. The van der Waals surface area contributed by atoms with E-state index < -0.39 is 8.25 Å². The fraction of sp³-hybridized carbons (Fsp3) is 0.143. The quantitative estimate of drug-likeness (QED) is 0.343. The van der Waals surface area contributed by atoms with Gasteiger partial charge in [-0.3, -0.25) is 0 Å². The topological polar surface area (TPSA) is 35.5 Å². The molecule has 0 amide bonds. The van der Waals surface area contributed by atoms with Gasteiger partial charge in [0.25, 0.3) is 0 Å². The van der Waals surface area contributed by atoms with Crippen molar-refractivity contribution in [2.24, 2.45) is 0 Å². The summed E-state index contributed by atoms with van der Waals surface area (Å²) in [5.74, 6) is 0. The predicted molar refractivity (Wildman–Crippen MR) is 101 cm³/mol. The van der Waals surface area contributed by atoms with E-state index in [2.05, 4.69) is 63.7 Å². The first-order valence-corrected chi connectivity index (χ1v) is 10.3. The zero-order chi connectivity index (χ0) is 16.1. The molecule has 116 valence electrons. The highest BCUT2D eigenvalue weighted by Crippen LogP contribution is 2.30. The third-order valence-electron chi connectivity index (χ3n) is 2.52. The molecule has 0 heterocycles. The smallest absolute Gasteiger partial charge is 0.114 e. The van der Waals surface area contributed by atoms with Crippen LogP contribution in [0.4, 0.5) is 0 Å². The van der Waals surface area contributed by atoms with Crippen molar-refractivity contribution in [3.05, 3.63) is 65.4 Å². The molecule has 0 saturated heterocycles. The van der Waals surface area contributed by atoms with Gasteiger partial charge in [0.2, 0.25) is 0 Å². The van der Waals surface area contributed by atoms with Gasteiger partial charge in [0, 0.05) is 22.5 Å². The summed E-state index contributed by atoms with van der Waals surface area (Å²) in [7, 11) is -2.18. The van der Waals surface area contributed by atoms with Crippen LogP contribution in [0, 0.1) is 0 Å². The zero-order valence-electron chi connectivity index (χ0n) is 11.1. The first kappa shape index (κ1) is 18.7. The van der Waals surface area contributed by atoms with Crippen LogP contribution in [0.2, 0.25) is 0 Å². The summed E-state index contributed by atoms with van der Waals surface area (Å²) in [6.45, 7) is 0.435. The Kier molecular flexibility index (Phi) is 7.67. The van der Waals surface area contributed by atoms with E-state index in [0.717, 1.165) is 29.0 Å². The first-order valence-electron chi connectivity index (χ1n) is 6.05. The zero-order valence-corrected chi connectivity index (χ0v) is 18.3. The Morgan fingerprint density at radius 2 is 1.00 bits per heavy atom. The van der Waals surface area contributed by atoms with E-state index in [1.54, 1.807) is 0 Å². The molecular weight excluding hydrogens is 567 g/mol. The van der Waals surface area contributed by atoms with E-state index in [9.17, 15) is 4.57 Å². The van der Waals surface area contributed by atoms with Crippen LogP contribution in [0.5, 0.6) is 0 Å². The minimum Gasteiger partial charge on any atom is -0.114 e. The van der Waals surface area contributed by atoms with Crippen molar-refractivity contribution in [3.63, 3.8) is 0 Å². The molecule has 2 aromatic rings. The first-order chi connectivity index (χ1) is 10.4. The van der Waals surface area contributed by atoms with Gasteiger partial charge in [-0.25, -0.2) is 0 Å². The molecule has 0 saturated carbocycles. The second kappa shape index (κ2) is 9.02. The standard InChI is InChI=1S/C14H10Br4O3P/c15-11-1-9(2-12(16)5-11)7-20-22(19)21-8-10-3-13(17)6-14(18)4-10/h1-6H,7-8H2/q+1. The second-order valence-electron chi connectivity index (χ2n) is 4.33. The van der Waals surface area contributed by atoms with Crippen molar-refractivity contribution in [2.75, 3.05) is 0 Å². The molecule has 0 N–H and O–H groups in total. The van der Waals surface area contributed by atoms with Gasteiger partial charge in [-0.1, -0.05) is 63.7 Å². The molecule has 0 radical (unpaired) electrons. The van der Waals surface area contributed by atoms with Gasteiger partial charge in [0.1, 0.15) is 13.2 Å². The minimum absolute atomic E-state index is 0.218. The average Bonchev–Trinajstić information content (AvgIpc) is 2.41. The van der Waals surface area contributed by atoms with E-state index >= 15 is 0 Å². The minimum atomic E-state index is -2.18. The van der Waals surface area contributed by atoms with E-state index in [4.69, 9.17) is 9.05 Å². The van der Waals surface area contributed by atoms with Crippen LogP contribution in [0.1, 0.15) is 11.1 Å². The van der Waals surface area contributed by atoms with Crippen LogP contribution in [0.3, 0.4) is 0 Å². The summed E-state index contributed by atoms with van der Waals surface area (Å²) >= 11 is 13.6. The summed E-state index contributed by atoms with van der Waals surface area (Å²) in [6.07, 6.45) is 0. The molecule has 0 aliphatic carbocycles. The highest BCUT2D eigenvalue weighted by Gasteiger charge is 2.21. The van der Waals surface area contributed by atoms with E-state index in [0.29, 0.717) is 0 Å². The Morgan fingerprint density at radius 3 is 1.32 bits per heavy atom. The van der Waals surface area contributed by atoms with Crippen LogP contribution >= 0.6 is 72.0 Å². The number of rotatable bonds is 6. The molecule has 2 aromatic carbocycles. The number of hydrogen-bond donors (Lipinski definition) is 0. The van der Waals surface area contributed by atoms with E-state index in [1.165, 1.54) is 0 Å². The van der Waals surface area contributed by atoms with Crippen LogP contribution in [0.25, 0.3) is 0 Å². The fourth-order valence-corrected chi connectivity index (χ4v) is 5.04. The molecule has 0 unspecified atom stereocenters. The molecule has 0 bridgehead atoms. The number of halogens is 4. The SMILES string of the molecule is O=[P+](OCc1cc(Br)cc(Br)c1)OCc1cc(Br)cc(Br)c1. The summed E-state index contributed by atoms with van der Waals surface area (Å²) in [5, 5.41) is 0. The molecule has 0 fully saturated rings. The van der Waals surface area contributed by atoms with Crippen molar-refractivity contribution in [3.8, 4) is 0 Å². The van der Waals surface area contributed by atoms with Crippen molar-refractivity contribution in [1.29, 1.82) is 0 Å². The maximum absolute atomic E-state index is 11.8. The normalized spacial score (nSPS) is 10.7. The molecule has 0 aliphatic rings. The van der Waals surface area contributed by atoms with E-state index in [1.807, 2.05) is 36.4 Å². The predicted octanol–water partition coefficient (Wildman–Crippen LogP) is 7.13. The van der Waals surface area contributed by atoms with Gasteiger partial charge < -0.3 is 0 Å². The van der Waals surface area contributed by atoms with E-state index in [-0.39, 0.29) is 13.2 Å². The maximum atomic E-state index is 11.8. The highest BCUT2D eigenvalue weighted by atomic mass is 79.9. The van der Waals surface area contributed by atoms with Gasteiger partial charge in [0.05, 0.1) is 0 Å². The lowest BCUT2D eigenvalue weighted by Crippen LogP contribution is -1.91. The average molecular weight is 577 g/mol. The third kappa shape index (κ3) is 6.48. The van der Waals surface area contributed by atoms with Gasteiger partial charge in [-0.15, -0.1) is 9.05 Å². The Bertz CT molecular complexity index is 596. The van der Waals surface area contributed by atoms with Crippen molar-refractivity contribution < 1.29 is 13.6 Å². The van der Waals surface area contributed by atoms with Crippen LogP contribution in [0.15, 0.2) is 54.3 Å². The van der Waals surface area contributed by atoms with Crippen molar-refractivity contribution >= 4 is 72.0 Å². The van der Waals surface area contributed by atoms with Gasteiger partial charge >= 0.3 is 8.25 Å². The molecule has 22 heavy (non-hydrogen) atoms. The second-order valence-corrected chi connectivity index (χ2v) is 8.95. The van der Waals surface area contributed by atoms with Crippen LogP contribution in [-0.2, 0) is 26.8 Å². The Hall–Kier alpha value is 0.380. The molecular formula is C14H10Br4O3P+. The lowest BCUT2D eigenvalue weighted by atomic mass is 10.2. The Balaban J connectivity index is 1.85. The third-order valence-corrected chi connectivity index (χ3v) is 5.03. The molecule has 0 aromatic heterocycles. The molecule has 3 nitrogen and oxygen atoms in total. The molecule has 0 aliphatic heterocycles. The monoisotopic (exact) mass is 573 g/mol. The summed E-state index contributed by atoms with van der Waals surface area (Å²) in [6, 6.07) is 11.5. The van der Waals surface area contributed by atoms with Crippen LogP contribution < -0.4 is 0 Å². The van der Waals surface area contributed by atoms with Crippen LogP contribution in [-0.4, -0.2) is 0 Å². The molecule has 0 atom stereocenters. The summed E-state index contributed by atoms with van der Waals surface area (Å²) in [4.78, 5) is 0. The maximum Gasteiger partial charge on any atom is 0.698 e. The number of hydrogen-bond acceptors (Lipinski definition) is 3. The molecule has 0 spiro atoms.